The van der Waals surface area contributed by atoms with Gasteiger partial charge >= 0.3 is 0 Å². The van der Waals surface area contributed by atoms with Gasteiger partial charge in [0, 0.05) is 43.9 Å². The molecule has 0 spiro atoms. The molecule has 5 nitrogen and oxygen atoms in total. The van der Waals surface area contributed by atoms with Crippen molar-refractivity contribution in [3.63, 3.8) is 0 Å². The van der Waals surface area contributed by atoms with E-state index in [1.165, 1.54) is 19.3 Å². The Kier molecular flexibility index (Phi) is 3.15. The maximum absolute atomic E-state index is 4.35. The van der Waals surface area contributed by atoms with E-state index >= 15 is 0 Å². The highest BCUT2D eigenvalue weighted by atomic mass is 15.1. The molecule has 0 amide bonds. The molecule has 0 radical (unpaired) electrons. The molecule has 3 rings (SSSR count). The fourth-order valence-electron chi connectivity index (χ4n) is 2.79. The maximum Gasteiger partial charge on any atom is 0.122 e. The second kappa shape index (κ2) is 4.94. The van der Waals surface area contributed by atoms with Crippen molar-refractivity contribution >= 4 is 0 Å². The van der Waals surface area contributed by atoms with Crippen molar-refractivity contribution in [3.05, 3.63) is 36.9 Å². The summed E-state index contributed by atoms with van der Waals surface area (Å²) in [5, 5.41) is 3.63. The lowest BCUT2D eigenvalue weighted by atomic mass is 10.1. The second-order valence-electron chi connectivity index (χ2n) is 4.95. The molecule has 2 aromatic rings. The van der Waals surface area contributed by atoms with Gasteiger partial charge in [-0.15, -0.1) is 0 Å². The molecule has 2 aromatic heterocycles. The fraction of sp³-hybridized carbons (Fsp3) is 0.538. The van der Waals surface area contributed by atoms with Crippen LogP contribution in [0.2, 0.25) is 0 Å². The van der Waals surface area contributed by atoms with E-state index in [1.54, 1.807) is 0 Å². The van der Waals surface area contributed by atoms with Crippen molar-refractivity contribution in [2.75, 3.05) is 0 Å². The molecular weight excluding hydrogens is 226 g/mol. The van der Waals surface area contributed by atoms with E-state index in [9.17, 15) is 0 Å². The number of aryl methyl sites for hydroxylation is 1. The summed E-state index contributed by atoms with van der Waals surface area (Å²) in [5.74, 6) is 1.09. The highest BCUT2D eigenvalue weighted by molar-refractivity contribution is 4.95. The molecule has 5 heteroatoms. The first kappa shape index (κ1) is 11.5. The lowest BCUT2D eigenvalue weighted by Crippen LogP contribution is -2.33. The van der Waals surface area contributed by atoms with Crippen LogP contribution in [0.25, 0.3) is 0 Å². The van der Waals surface area contributed by atoms with Crippen molar-refractivity contribution in [1.29, 1.82) is 0 Å². The van der Waals surface area contributed by atoms with Crippen LogP contribution >= 0.6 is 0 Å². The predicted molar refractivity (Wildman–Crippen MR) is 69.0 cm³/mol. The Hall–Kier alpha value is -1.62. The Morgan fingerprint density at radius 2 is 2.28 bits per heavy atom. The van der Waals surface area contributed by atoms with Crippen LogP contribution in [0.15, 0.2) is 31.1 Å². The lowest BCUT2D eigenvalue weighted by Gasteiger charge is -2.22. The van der Waals surface area contributed by atoms with Gasteiger partial charge in [0.25, 0.3) is 0 Å². The number of hydrogen-bond acceptors (Lipinski definition) is 3. The van der Waals surface area contributed by atoms with Crippen LogP contribution in [-0.2, 0) is 13.6 Å². The summed E-state index contributed by atoms with van der Waals surface area (Å²) in [4.78, 5) is 8.49. The average Bonchev–Trinajstić information content (AvgIpc) is 3.07. The van der Waals surface area contributed by atoms with Crippen molar-refractivity contribution < 1.29 is 0 Å². The SMILES string of the molecule is Cn1ccnc1CNC1CCCC1n1ccnc1. The van der Waals surface area contributed by atoms with Crippen LogP contribution in [0, 0.1) is 0 Å². The van der Waals surface area contributed by atoms with Crippen molar-refractivity contribution in [3.8, 4) is 0 Å². The van der Waals surface area contributed by atoms with Crippen molar-refractivity contribution in [2.24, 2.45) is 7.05 Å². The Balaban J connectivity index is 1.64. The van der Waals surface area contributed by atoms with Gasteiger partial charge in [0.2, 0.25) is 0 Å². The minimum Gasteiger partial charge on any atom is -0.337 e. The maximum atomic E-state index is 4.35. The monoisotopic (exact) mass is 245 g/mol. The third kappa shape index (κ3) is 2.18. The fourth-order valence-corrected chi connectivity index (χ4v) is 2.79. The van der Waals surface area contributed by atoms with Gasteiger partial charge in [-0.1, -0.05) is 0 Å². The molecule has 1 aliphatic carbocycles. The summed E-state index contributed by atoms with van der Waals surface area (Å²) in [6.45, 7) is 0.833. The summed E-state index contributed by atoms with van der Waals surface area (Å²) in [6.07, 6.45) is 13.4. The minimum atomic E-state index is 0.524. The third-order valence-electron chi connectivity index (χ3n) is 3.83. The van der Waals surface area contributed by atoms with Crippen molar-refractivity contribution in [1.82, 2.24) is 24.4 Å². The van der Waals surface area contributed by atoms with Gasteiger partial charge < -0.3 is 14.5 Å². The molecule has 0 bridgehead atoms. The Morgan fingerprint density at radius 1 is 1.33 bits per heavy atom. The minimum absolute atomic E-state index is 0.524. The highest BCUT2D eigenvalue weighted by Gasteiger charge is 2.27. The second-order valence-corrected chi connectivity index (χ2v) is 4.95. The largest absolute Gasteiger partial charge is 0.337 e. The zero-order valence-corrected chi connectivity index (χ0v) is 10.7. The lowest BCUT2D eigenvalue weighted by molar-refractivity contribution is 0.385. The number of rotatable bonds is 4. The van der Waals surface area contributed by atoms with Gasteiger partial charge in [-0.05, 0) is 19.3 Å². The zero-order chi connectivity index (χ0) is 12.4. The summed E-state index contributed by atoms with van der Waals surface area (Å²) in [7, 11) is 2.03. The molecule has 2 heterocycles. The van der Waals surface area contributed by atoms with E-state index in [2.05, 4.69) is 30.6 Å². The topological polar surface area (TPSA) is 47.7 Å². The number of nitrogens with zero attached hydrogens (tertiary/aromatic N) is 4. The van der Waals surface area contributed by atoms with Crippen molar-refractivity contribution in [2.45, 2.75) is 37.9 Å². The Labute approximate surface area is 107 Å². The molecule has 1 fully saturated rings. The van der Waals surface area contributed by atoms with Gasteiger partial charge in [-0.3, -0.25) is 0 Å². The standard InChI is InChI=1S/C13H19N5/c1-17-7-6-15-13(17)9-16-11-3-2-4-12(11)18-8-5-14-10-18/h5-8,10-12,16H,2-4,9H2,1H3. The Bertz CT molecular complexity index is 487. The highest BCUT2D eigenvalue weighted by Crippen LogP contribution is 2.29. The molecule has 0 aromatic carbocycles. The quantitative estimate of drug-likeness (QED) is 0.888. The summed E-state index contributed by atoms with van der Waals surface area (Å²) in [5.41, 5.74) is 0. The van der Waals surface area contributed by atoms with Crippen LogP contribution in [-0.4, -0.2) is 25.1 Å². The van der Waals surface area contributed by atoms with Crippen LogP contribution < -0.4 is 5.32 Å². The zero-order valence-electron chi connectivity index (χ0n) is 10.7. The summed E-state index contributed by atoms with van der Waals surface area (Å²) >= 11 is 0. The van der Waals surface area contributed by atoms with E-state index < -0.39 is 0 Å². The van der Waals surface area contributed by atoms with Gasteiger partial charge in [0.15, 0.2) is 0 Å². The predicted octanol–water partition coefficient (Wildman–Crippen LogP) is 1.50. The van der Waals surface area contributed by atoms with E-state index in [0.717, 1.165) is 12.4 Å². The Morgan fingerprint density at radius 3 is 3.00 bits per heavy atom. The van der Waals surface area contributed by atoms with Crippen LogP contribution in [0.3, 0.4) is 0 Å². The van der Waals surface area contributed by atoms with E-state index in [0.29, 0.717) is 12.1 Å². The summed E-state index contributed by atoms with van der Waals surface area (Å²) in [6, 6.07) is 1.06. The smallest absolute Gasteiger partial charge is 0.122 e. The van der Waals surface area contributed by atoms with Gasteiger partial charge in [0.05, 0.1) is 12.9 Å². The molecule has 96 valence electrons. The number of imidazole rings is 2. The molecular formula is C13H19N5. The first-order chi connectivity index (χ1) is 8.84. The van der Waals surface area contributed by atoms with Crippen LogP contribution in [0.5, 0.6) is 0 Å². The first-order valence-electron chi connectivity index (χ1n) is 6.51. The molecule has 1 N–H and O–H groups in total. The number of aromatic nitrogens is 4. The molecule has 2 atom stereocenters. The molecule has 2 unspecified atom stereocenters. The first-order valence-corrected chi connectivity index (χ1v) is 6.51. The molecule has 0 aliphatic heterocycles. The van der Waals surface area contributed by atoms with Gasteiger partial charge in [0.1, 0.15) is 5.82 Å². The molecule has 1 aliphatic rings. The van der Waals surface area contributed by atoms with E-state index in [1.807, 2.05) is 32.0 Å². The van der Waals surface area contributed by atoms with E-state index in [4.69, 9.17) is 0 Å². The van der Waals surface area contributed by atoms with Crippen LogP contribution in [0.4, 0.5) is 0 Å². The molecule has 0 saturated heterocycles. The number of nitrogens with one attached hydrogen (secondary N) is 1. The molecule has 18 heavy (non-hydrogen) atoms. The number of hydrogen-bond donors (Lipinski definition) is 1. The normalized spacial score (nSPS) is 23.6. The molecule has 1 saturated carbocycles. The van der Waals surface area contributed by atoms with Gasteiger partial charge in [-0.25, -0.2) is 9.97 Å². The third-order valence-corrected chi connectivity index (χ3v) is 3.83. The van der Waals surface area contributed by atoms with E-state index in [-0.39, 0.29) is 0 Å². The van der Waals surface area contributed by atoms with Crippen LogP contribution in [0.1, 0.15) is 31.1 Å². The average molecular weight is 245 g/mol. The summed E-state index contributed by atoms with van der Waals surface area (Å²) < 4.78 is 4.29. The van der Waals surface area contributed by atoms with Gasteiger partial charge in [-0.2, -0.15) is 0 Å².